The molecular weight excluding hydrogens is 240 g/mol. The zero-order chi connectivity index (χ0) is 13.5. The zero-order valence-electron chi connectivity index (χ0n) is 11.9. The Kier molecular flexibility index (Phi) is 5.54. The third kappa shape index (κ3) is 4.44. The van der Waals surface area contributed by atoms with Gasteiger partial charge in [-0.05, 0) is 25.3 Å². The number of rotatable bonds is 6. The molecule has 106 valence electrons. The lowest BCUT2D eigenvalue weighted by molar-refractivity contribution is 0.0576. The number of anilines is 1. The molecule has 0 radical (unpaired) electrons. The van der Waals surface area contributed by atoms with Gasteiger partial charge < -0.3 is 15.0 Å². The second-order valence-corrected chi connectivity index (χ2v) is 5.11. The fraction of sp³-hybridized carbons (Fsp3) is 0.714. The van der Waals surface area contributed by atoms with Crippen LogP contribution in [0.3, 0.4) is 0 Å². The second kappa shape index (κ2) is 7.40. The summed E-state index contributed by atoms with van der Waals surface area (Å²) in [6, 6.07) is 0. The molecule has 1 fully saturated rings. The van der Waals surface area contributed by atoms with E-state index < -0.39 is 0 Å². The van der Waals surface area contributed by atoms with E-state index in [0.29, 0.717) is 5.92 Å². The summed E-state index contributed by atoms with van der Waals surface area (Å²) in [6.07, 6.45) is 6.07. The molecule has 1 atom stereocenters. The van der Waals surface area contributed by atoms with Crippen LogP contribution in [0.25, 0.3) is 0 Å². The highest BCUT2D eigenvalue weighted by Crippen LogP contribution is 2.17. The van der Waals surface area contributed by atoms with Crippen molar-refractivity contribution in [2.45, 2.75) is 26.3 Å². The van der Waals surface area contributed by atoms with Gasteiger partial charge in [0.2, 0.25) is 0 Å². The molecule has 5 nitrogen and oxygen atoms in total. The second-order valence-electron chi connectivity index (χ2n) is 5.11. The van der Waals surface area contributed by atoms with Crippen molar-refractivity contribution >= 4 is 5.82 Å². The largest absolute Gasteiger partial charge is 0.381 e. The molecule has 1 aromatic heterocycles. The average Bonchev–Trinajstić information content (AvgIpc) is 2.46. The van der Waals surface area contributed by atoms with E-state index in [2.05, 4.69) is 34.2 Å². The van der Waals surface area contributed by atoms with E-state index in [9.17, 15) is 0 Å². The highest BCUT2D eigenvalue weighted by molar-refractivity contribution is 5.35. The van der Waals surface area contributed by atoms with Gasteiger partial charge in [0, 0.05) is 32.9 Å². The van der Waals surface area contributed by atoms with Gasteiger partial charge in [-0.1, -0.05) is 6.92 Å². The van der Waals surface area contributed by atoms with Crippen LogP contribution in [0.5, 0.6) is 0 Å². The number of hydrogen-bond acceptors (Lipinski definition) is 5. The summed E-state index contributed by atoms with van der Waals surface area (Å²) < 4.78 is 5.52. The van der Waals surface area contributed by atoms with Crippen molar-refractivity contribution in [2.24, 2.45) is 5.92 Å². The van der Waals surface area contributed by atoms with Crippen LogP contribution in [-0.2, 0) is 11.3 Å². The van der Waals surface area contributed by atoms with E-state index in [0.717, 1.165) is 44.4 Å². The van der Waals surface area contributed by atoms with E-state index in [1.807, 2.05) is 12.4 Å². The maximum Gasteiger partial charge on any atom is 0.147 e. The predicted molar refractivity (Wildman–Crippen MR) is 76.2 cm³/mol. The molecule has 2 heterocycles. The number of ether oxygens (including phenoxy) is 1. The summed E-state index contributed by atoms with van der Waals surface area (Å²) in [4.78, 5) is 11.1. The van der Waals surface area contributed by atoms with Crippen molar-refractivity contribution in [3.05, 3.63) is 18.1 Å². The molecule has 0 aromatic carbocycles. The summed E-state index contributed by atoms with van der Waals surface area (Å²) in [5.74, 6) is 1.55. The van der Waals surface area contributed by atoms with Gasteiger partial charge >= 0.3 is 0 Å². The summed E-state index contributed by atoms with van der Waals surface area (Å²) in [6.45, 7) is 6.58. The molecule has 0 saturated carbocycles. The maximum absolute atomic E-state index is 5.52. The number of aromatic nitrogens is 2. The maximum atomic E-state index is 5.52. The first-order chi connectivity index (χ1) is 9.29. The highest BCUT2D eigenvalue weighted by Gasteiger charge is 2.16. The number of nitrogens with zero attached hydrogens (tertiary/aromatic N) is 3. The monoisotopic (exact) mass is 264 g/mol. The summed E-state index contributed by atoms with van der Waals surface area (Å²) >= 11 is 0. The molecule has 1 aromatic rings. The SMILES string of the molecule is CCNCc1cncc(N(C)CC2CCCOC2)n1. The van der Waals surface area contributed by atoms with E-state index in [1.54, 1.807) is 0 Å². The van der Waals surface area contributed by atoms with Gasteiger partial charge in [0.1, 0.15) is 5.82 Å². The van der Waals surface area contributed by atoms with Gasteiger partial charge in [0.25, 0.3) is 0 Å². The summed E-state index contributed by atoms with van der Waals surface area (Å²) in [5, 5.41) is 3.27. The van der Waals surface area contributed by atoms with Gasteiger partial charge in [-0.25, -0.2) is 4.98 Å². The van der Waals surface area contributed by atoms with Gasteiger partial charge in [-0.15, -0.1) is 0 Å². The van der Waals surface area contributed by atoms with Crippen molar-refractivity contribution in [1.82, 2.24) is 15.3 Å². The first kappa shape index (κ1) is 14.2. The Balaban J connectivity index is 1.91. The Morgan fingerprint density at radius 3 is 3.11 bits per heavy atom. The molecule has 2 rings (SSSR count). The normalized spacial score (nSPS) is 19.4. The third-order valence-electron chi connectivity index (χ3n) is 3.41. The molecule has 1 unspecified atom stereocenters. The Labute approximate surface area is 115 Å². The lowest BCUT2D eigenvalue weighted by Crippen LogP contribution is -2.31. The van der Waals surface area contributed by atoms with E-state index in [4.69, 9.17) is 4.74 Å². The molecule has 1 aliphatic rings. The van der Waals surface area contributed by atoms with Crippen LogP contribution in [0, 0.1) is 5.92 Å². The van der Waals surface area contributed by atoms with Crippen LogP contribution in [0.4, 0.5) is 5.82 Å². The van der Waals surface area contributed by atoms with E-state index >= 15 is 0 Å². The number of nitrogens with one attached hydrogen (secondary N) is 1. The number of hydrogen-bond donors (Lipinski definition) is 1. The molecule has 0 spiro atoms. The predicted octanol–water partition coefficient (Wildman–Crippen LogP) is 1.45. The first-order valence-electron chi connectivity index (χ1n) is 7.10. The minimum absolute atomic E-state index is 0.609. The Morgan fingerprint density at radius 2 is 2.37 bits per heavy atom. The minimum Gasteiger partial charge on any atom is -0.381 e. The third-order valence-corrected chi connectivity index (χ3v) is 3.41. The fourth-order valence-electron chi connectivity index (χ4n) is 2.35. The molecule has 0 aliphatic carbocycles. The first-order valence-corrected chi connectivity index (χ1v) is 7.10. The average molecular weight is 264 g/mol. The Hall–Kier alpha value is -1.20. The molecule has 5 heteroatoms. The van der Waals surface area contributed by atoms with Gasteiger partial charge in [-0.3, -0.25) is 4.98 Å². The standard InChI is InChI=1S/C14H24N4O/c1-3-15-7-13-8-16-9-14(17-13)18(2)10-12-5-4-6-19-11-12/h8-9,12,15H,3-7,10-11H2,1-2H3. The van der Waals surface area contributed by atoms with Crippen LogP contribution in [-0.4, -0.2) is 43.3 Å². The van der Waals surface area contributed by atoms with Crippen LogP contribution in [0.2, 0.25) is 0 Å². The van der Waals surface area contributed by atoms with Crippen molar-refractivity contribution in [3.8, 4) is 0 Å². The molecule has 19 heavy (non-hydrogen) atoms. The van der Waals surface area contributed by atoms with Gasteiger partial charge in [0.15, 0.2) is 0 Å². The van der Waals surface area contributed by atoms with Crippen molar-refractivity contribution in [2.75, 3.05) is 38.3 Å². The Morgan fingerprint density at radius 1 is 1.47 bits per heavy atom. The van der Waals surface area contributed by atoms with Crippen LogP contribution in [0.15, 0.2) is 12.4 Å². The fourth-order valence-corrected chi connectivity index (χ4v) is 2.35. The van der Waals surface area contributed by atoms with Gasteiger partial charge in [0.05, 0.1) is 18.5 Å². The lowest BCUT2D eigenvalue weighted by Gasteiger charge is -2.27. The molecule has 0 amide bonds. The zero-order valence-corrected chi connectivity index (χ0v) is 11.9. The molecule has 1 N–H and O–H groups in total. The molecule has 1 saturated heterocycles. The minimum atomic E-state index is 0.609. The summed E-state index contributed by atoms with van der Waals surface area (Å²) in [7, 11) is 2.08. The van der Waals surface area contributed by atoms with Crippen LogP contribution >= 0.6 is 0 Å². The van der Waals surface area contributed by atoms with Crippen LogP contribution in [0.1, 0.15) is 25.5 Å². The lowest BCUT2D eigenvalue weighted by atomic mass is 10.0. The van der Waals surface area contributed by atoms with Crippen molar-refractivity contribution in [1.29, 1.82) is 0 Å². The van der Waals surface area contributed by atoms with Crippen molar-refractivity contribution < 1.29 is 4.74 Å². The van der Waals surface area contributed by atoms with Crippen LogP contribution < -0.4 is 10.2 Å². The highest BCUT2D eigenvalue weighted by atomic mass is 16.5. The summed E-state index contributed by atoms with van der Waals surface area (Å²) in [5.41, 5.74) is 0.992. The smallest absolute Gasteiger partial charge is 0.147 e. The molecular formula is C14H24N4O. The van der Waals surface area contributed by atoms with E-state index in [-0.39, 0.29) is 0 Å². The van der Waals surface area contributed by atoms with Gasteiger partial charge in [-0.2, -0.15) is 0 Å². The molecule has 0 bridgehead atoms. The molecule has 1 aliphatic heterocycles. The topological polar surface area (TPSA) is 50.3 Å². The quantitative estimate of drug-likeness (QED) is 0.843. The van der Waals surface area contributed by atoms with Crippen molar-refractivity contribution in [3.63, 3.8) is 0 Å². The Bertz CT molecular complexity index is 379. The van der Waals surface area contributed by atoms with E-state index in [1.165, 1.54) is 12.8 Å².